The summed E-state index contributed by atoms with van der Waals surface area (Å²) in [4.78, 5) is 12.4. The van der Waals surface area contributed by atoms with Crippen LogP contribution in [0.3, 0.4) is 0 Å². The molecule has 1 N–H and O–H groups in total. The third kappa shape index (κ3) is 4.77. The Labute approximate surface area is 182 Å². The molecule has 1 atom stereocenters. The summed E-state index contributed by atoms with van der Waals surface area (Å²) in [5, 5.41) is 12.8. The molecule has 3 heterocycles. The summed E-state index contributed by atoms with van der Waals surface area (Å²) < 4.78 is 12.8. The second-order valence-electron chi connectivity index (χ2n) is 6.57. The van der Waals surface area contributed by atoms with Crippen LogP contribution in [-0.2, 0) is 11.3 Å². The summed E-state index contributed by atoms with van der Waals surface area (Å²) in [6, 6.07) is 14.5. The number of hydrogen-bond acceptors (Lipinski definition) is 6. The number of aromatic nitrogens is 3. The second-order valence-corrected chi connectivity index (χ2v) is 7.95. The highest BCUT2D eigenvalue weighted by Crippen LogP contribution is 2.26. The molecule has 4 rings (SSSR count). The maximum Gasteiger partial charge on any atom is 0.231 e. The van der Waals surface area contributed by atoms with Crippen LogP contribution in [0.4, 0.5) is 0 Å². The van der Waals surface area contributed by atoms with E-state index in [1.54, 1.807) is 30.7 Å². The first-order valence-corrected chi connectivity index (χ1v) is 10.6. The van der Waals surface area contributed by atoms with Crippen molar-refractivity contribution in [3.05, 3.63) is 77.6 Å². The maximum absolute atomic E-state index is 12.4. The van der Waals surface area contributed by atoms with Crippen molar-refractivity contribution >= 4 is 29.3 Å². The summed E-state index contributed by atoms with van der Waals surface area (Å²) >= 11 is 7.32. The Balaban J connectivity index is 1.50. The van der Waals surface area contributed by atoms with Crippen LogP contribution in [-0.4, -0.2) is 26.4 Å². The first kappa shape index (κ1) is 20.3. The van der Waals surface area contributed by atoms with Crippen molar-refractivity contribution in [3.63, 3.8) is 0 Å². The van der Waals surface area contributed by atoms with Crippen LogP contribution in [0.15, 0.2) is 75.0 Å². The van der Waals surface area contributed by atoms with E-state index in [1.807, 2.05) is 41.8 Å². The van der Waals surface area contributed by atoms with Gasteiger partial charge in [0, 0.05) is 10.6 Å². The van der Waals surface area contributed by atoms with Crippen molar-refractivity contribution in [1.82, 2.24) is 20.1 Å². The van der Waals surface area contributed by atoms with Crippen LogP contribution in [0.5, 0.6) is 0 Å². The molecule has 3 aromatic heterocycles. The van der Waals surface area contributed by atoms with Crippen molar-refractivity contribution in [2.45, 2.75) is 24.7 Å². The number of hydrogen-bond donors (Lipinski definition) is 1. The summed E-state index contributed by atoms with van der Waals surface area (Å²) in [6.45, 7) is 2.32. The van der Waals surface area contributed by atoms with E-state index in [0.717, 1.165) is 11.3 Å². The molecule has 0 spiro atoms. The summed E-state index contributed by atoms with van der Waals surface area (Å²) in [5.74, 6) is 2.23. The molecule has 0 saturated heterocycles. The highest BCUT2D eigenvalue weighted by atomic mass is 35.5. The fourth-order valence-electron chi connectivity index (χ4n) is 2.93. The molecule has 4 aromatic rings. The van der Waals surface area contributed by atoms with Crippen molar-refractivity contribution < 1.29 is 13.6 Å². The second kappa shape index (κ2) is 9.23. The molecule has 0 fully saturated rings. The molecule has 0 aliphatic rings. The topological polar surface area (TPSA) is 86.1 Å². The van der Waals surface area contributed by atoms with Gasteiger partial charge in [-0.15, -0.1) is 10.2 Å². The number of carbonyl (C=O) groups excluding carboxylic acids is 1. The number of halogens is 1. The summed E-state index contributed by atoms with van der Waals surface area (Å²) in [6.07, 6.45) is 3.21. The minimum atomic E-state index is -0.210. The lowest BCUT2D eigenvalue weighted by molar-refractivity contribution is -0.119. The van der Waals surface area contributed by atoms with Crippen LogP contribution in [0, 0.1) is 0 Å². The SMILES string of the molecule is C[C@H](NC(=O)CSc1nnc(-c2ccc(Cl)cc2)n1Cc1ccco1)c1ccco1. The number of amides is 1. The Morgan fingerprint density at radius 2 is 1.90 bits per heavy atom. The van der Waals surface area contributed by atoms with Crippen LogP contribution < -0.4 is 5.32 Å². The van der Waals surface area contributed by atoms with Gasteiger partial charge in [0.25, 0.3) is 0 Å². The van der Waals surface area contributed by atoms with Gasteiger partial charge in [-0.25, -0.2) is 0 Å². The minimum absolute atomic E-state index is 0.121. The molecule has 0 radical (unpaired) electrons. The Hall–Kier alpha value is -2.97. The van der Waals surface area contributed by atoms with Crippen LogP contribution >= 0.6 is 23.4 Å². The van der Waals surface area contributed by atoms with Gasteiger partial charge in [-0.05, 0) is 55.5 Å². The lowest BCUT2D eigenvalue weighted by atomic mass is 10.2. The predicted molar refractivity (Wildman–Crippen MR) is 114 cm³/mol. The monoisotopic (exact) mass is 442 g/mol. The quantitative estimate of drug-likeness (QED) is 0.394. The van der Waals surface area contributed by atoms with Crippen molar-refractivity contribution in [2.24, 2.45) is 0 Å². The molecule has 1 aromatic carbocycles. The van der Waals surface area contributed by atoms with Gasteiger partial charge in [0.15, 0.2) is 11.0 Å². The van der Waals surface area contributed by atoms with E-state index in [1.165, 1.54) is 11.8 Å². The fourth-order valence-corrected chi connectivity index (χ4v) is 3.81. The Kier molecular flexibility index (Phi) is 6.25. The van der Waals surface area contributed by atoms with Gasteiger partial charge < -0.3 is 14.2 Å². The molecule has 0 aliphatic heterocycles. The lowest BCUT2D eigenvalue weighted by Crippen LogP contribution is -2.28. The average molecular weight is 443 g/mol. The molecule has 0 saturated carbocycles. The van der Waals surface area contributed by atoms with Gasteiger partial charge in [-0.3, -0.25) is 9.36 Å². The normalized spacial score (nSPS) is 12.1. The summed E-state index contributed by atoms with van der Waals surface area (Å²) in [7, 11) is 0. The molecule has 0 aliphatic carbocycles. The molecule has 7 nitrogen and oxygen atoms in total. The van der Waals surface area contributed by atoms with Crippen molar-refractivity contribution in [2.75, 3.05) is 5.75 Å². The number of carbonyl (C=O) groups is 1. The molecule has 1 amide bonds. The molecule has 154 valence electrons. The van der Waals surface area contributed by atoms with Gasteiger partial charge in [-0.1, -0.05) is 23.4 Å². The largest absolute Gasteiger partial charge is 0.467 e. The standard InChI is InChI=1S/C21H19ClN4O3S/c1-14(18-5-3-11-29-18)23-19(27)13-30-21-25-24-20(15-6-8-16(22)9-7-15)26(21)12-17-4-2-10-28-17/h2-11,14H,12-13H2,1H3,(H,23,27)/t14-/m0/s1. The molecule has 0 unspecified atom stereocenters. The molecule has 0 bridgehead atoms. The molecule has 30 heavy (non-hydrogen) atoms. The first-order chi connectivity index (χ1) is 14.6. The van der Waals surface area contributed by atoms with Gasteiger partial charge in [-0.2, -0.15) is 0 Å². The maximum atomic E-state index is 12.4. The van der Waals surface area contributed by atoms with Crippen molar-refractivity contribution in [1.29, 1.82) is 0 Å². The molecule has 9 heteroatoms. The number of thioether (sulfide) groups is 1. The third-order valence-electron chi connectivity index (χ3n) is 4.39. The van der Waals surface area contributed by atoms with Crippen LogP contribution in [0.25, 0.3) is 11.4 Å². The van der Waals surface area contributed by atoms with E-state index >= 15 is 0 Å². The zero-order valence-corrected chi connectivity index (χ0v) is 17.7. The molecular formula is C21H19ClN4O3S. The van der Waals surface area contributed by atoms with Crippen molar-refractivity contribution in [3.8, 4) is 11.4 Å². The number of furan rings is 2. The minimum Gasteiger partial charge on any atom is -0.467 e. The zero-order chi connectivity index (χ0) is 20.9. The van der Waals surface area contributed by atoms with Crippen LogP contribution in [0.1, 0.15) is 24.5 Å². The highest BCUT2D eigenvalue weighted by molar-refractivity contribution is 7.99. The zero-order valence-electron chi connectivity index (χ0n) is 16.1. The lowest BCUT2D eigenvalue weighted by Gasteiger charge is -2.12. The van der Waals surface area contributed by atoms with E-state index in [-0.39, 0.29) is 17.7 Å². The smallest absolute Gasteiger partial charge is 0.231 e. The number of benzene rings is 1. The summed E-state index contributed by atoms with van der Waals surface area (Å²) in [5.41, 5.74) is 0.876. The van der Waals surface area contributed by atoms with Gasteiger partial charge in [0.05, 0.1) is 30.9 Å². The third-order valence-corrected chi connectivity index (χ3v) is 5.61. The van der Waals surface area contributed by atoms with E-state index in [9.17, 15) is 4.79 Å². The van der Waals surface area contributed by atoms with Gasteiger partial charge in [0.1, 0.15) is 11.5 Å². The molecular weight excluding hydrogens is 424 g/mol. The first-order valence-electron chi connectivity index (χ1n) is 9.27. The Morgan fingerprint density at radius 1 is 1.13 bits per heavy atom. The highest BCUT2D eigenvalue weighted by Gasteiger charge is 2.18. The number of nitrogens with one attached hydrogen (secondary N) is 1. The Morgan fingerprint density at radius 3 is 2.60 bits per heavy atom. The fraction of sp³-hybridized carbons (Fsp3) is 0.190. The van der Waals surface area contributed by atoms with Gasteiger partial charge in [0.2, 0.25) is 5.91 Å². The van der Waals surface area contributed by atoms with E-state index in [2.05, 4.69) is 15.5 Å². The number of rotatable bonds is 8. The van der Waals surface area contributed by atoms with E-state index in [4.69, 9.17) is 20.4 Å². The van der Waals surface area contributed by atoms with Crippen LogP contribution in [0.2, 0.25) is 5.02 Å². The predicted octanol–water partition coefficient (Wildman–Crippen LogP) is 4.80. The Bertz CT molecular complexity index is 1090. The van der Waals surface area contributed by atoms with Gasteiger partial charge >= 0.3 is 0 Å². The average Bonchev–Trinajstić information content (AvgIpc) is 3.50. The van der Waals surface area contributed by atoms with E-state index < -0.39 is 0 Å². The van der Waals surface area contributed by atoms with E-state index in [0.29, 0.717) is 28.3 Å². The number of nitrogens with zero attached hydrogens (tertiary/aromatic N) is 3.